The highest BCUT2D eigenvalue weighted by Crippen LogP contribution is 2.25. The number of pyridine rings is 1. The molecule has 0 bridgehead atoms. The predicted octanol–water partition coefficient (Wildman–Crippen LogP) is 3.63. The molecule has 0 aliphatic heterocycles. The zero-order valence-electron chi connectivity index (χ0n) is 25.3. The van der Waals surface area contributed by atoms with Crippen LogP contribution in [-0.4, -0.2) is 63.1 Å². The van der Waals surface area contributed by atoms with Crippen LogP contribution in [0.25, 0.3) is 0 Å². The van der Waals surface area contributed by atoms with E-state index in [-0.39, 0.29) is 24.5 Å². The number of halogens is 3. The molecule has 0 radical (unpaired) electrons. The van der Waals surface area contributed by atoms with Crippen LogP contribution in [0.4, 0.5) is 13.2 Å². The van der Waals surface area contributed by atoms with Crippen molar-refractivity contribution >= 4 is 23.8 Å². The van der Waals surface area contributed by atoms with Crippen LogP contribution < -0.4 is 22.1 Å². The number of hydrogen-bond donors (Lipinski definition) is 5. The Labute approximate surface area is 262 Å². The number of aromatic nitrogens is 1. The molecule has 0 saturated carbocycles. The largest absolute Gasteiger partial charge is 0.490 e. The van der Waals surface area contributed by atoms with Crippen molar-refractivity contribution in [2.75, 3.05) is 6.54 Å². The van der Waals surface area contributed by atoms with Gasteiger partial charge in [-0.1, -0.05) is 60.7 Å². The minimum Gasteiger partial charge on any atom is -0.475 e. The van der Waals surface area contributed by atoms with Crippen molar-refractivity contribution in [3.8, 4) is 0 Å². The molecule has 12 nitrogen and oxygen atoms in total. The molecule has 6 N–H and O–H groups in total. The summed E-state index contributed by atoms with van der Waals surface area (Å²) in [4.78, 5) is 52.7. The zero-order chi connectivity index (χ0) is 34.5. The number of rotatable bonds is 10. The van der Waals surface area contributed by atoms with Gasteiger partial charge < -0.3 is 25.5 Å². The van der Waals surface area contributed by atoms with Crippen LogP contribution in [0.15, 0.2) is 88.8 Å². The molecular weight excluding hydrogens is 611 g/mol. The first-order valence-electron chi connectivity index (χ1n) is 13.9. The van der Waals surface area contributed by atoms with E-state index in [1.165, 1.54) is 10.6 Å². The van der Waals surface area contributed by atoms with Crippen LogP contribution in [0.3, 0.4) is 0 Å². The number of carboxylic acid groups (broad SMARTS) is 1. The summed E-state index contributed by atoms with van der Waals surface area (Å²) >= 11 is 0. The van der Waals surface area contributed by atoms with Gasteiger partial charge in [0.25, 0.3) is 11.5 Å². The van der Waals surface area contributed by atoms with Crippen molar-refractivity contribution in [1.29, 1.82) is 0 Å². The summed E-state index contributed by atoms with van der Waals surface area (Å²) < 4.78 is 38.7. The Bertz CT molecular complexity index is 1500. The predicted molar refractivity (Wildman–Crippen MR) is 162 cm³/mol. The number of ether oxygens (including phenoxy) is 1. The maximum Gasteiger partial charge on any atom is 0.490 e. The number of carbonyl (C=O) groups is 3. The van der Waals surface area contributed by atoms with Gasteiger partial charge in [-0.15, -0.1) is 0 Å². The van der Waals surface area contributed by atoms with Gasteiger partial charge in [-0.25, -0.2) is 15.1 Å². The van der Waals surface area contributed by atoms with Crippen LogP contribution in [0.1, 0.15) is 61.1 Å². The molecule has 3 aromatic rings. The second kappa shape index (κ2) is 16.8. The lowest BCUT2D eigenvalue weighted by Gasteiger charge is -2.25. The average molecular weight is 648 g/mol. The van der Waals surface area contributed by atoms with Crippen molar-refractivity contribution in [2.24, 2.45) is 10.7 Å². The van der Waals surface area contributed by atoms with E-state index >= 15 is 0 Å². The molecule has 1 atom stereocenters. The number of guanidine groups is 1. The quantitative estimate of drug-likeness (QED) is 0.0721. The zero-order valence-corrected chi connectivity index (χ0v) is 25.3. The number of aliphatic imine (C=N–C) groups is 1. The number of carbonyl (C=O) groups excluding carboxylic acids is 2. The molecule has 0 fully saturated rings. The van der Waals surface area contributed by atoms with Gasteiger partial charge in [0, 0.05) is 12.7 Å². The summed E-state index contributed by atoms with van der Waals surface area (Å²) in [6.07, 6.45) is -2.90. The van der Waals surface area contributed by atoms with Crippen LogP contribution in [0, 0.1) is 0 Å². The Hall–Kier alpha value is -5.18. The standard InChI is InChI=1S/C29H35N5O5.C2HF3O2/c1-29(2,3)39-27(37)23(17-10-18-31-28(30)33-38)32-25(35)22-16-11-19-34(26(22)36)24(20-12-6-4-7-13-20)21-14-8-5-9-15-21;3-2(4,5)1(6)7/h4-9,11-16,19,23-24,38H,10,17-18H2,1-3H3,(H,32,35)(H3,30,31,33);(H,6,7)/t23-;/m0./s1. The van der Waals surface area contributed by atoms with Gasteiger partial charge in [-0.3, -0.25) is 19.8 Å². The summed E-state index contributed by atoms with van der Waals surface area (Å²) in [6.45, 7) is 5.38. The Morgan fingerprint density at radius 2 is 1.48 bits per heavy atom. The number of hydroxylamine groups is 1. The van der Waals surface area contributed by atoms with Gasteiger partial charge in [0.2, 0.25) is 5.96 Å². The second-order valence-corrected chi connectivity index (χ2v) is 10.7. The number of benzene rings is 2. The van der Waals surface area contributed by atoms with Gasteiger partial charge >= 0.3 is 18.1 Å². The molecule has 1 amide bonds. The van der Waals surface area contributed by atoms with E-state index in [0.717, 1.165) is 11.1 Å². The summed E-state index contributed by atoms with van der Waals surface area (Å²) in [5.74, 6) is -4.24. The maximum atomic E-state index is 13.7. The third-order valence-corrected chi connectivity index (χ3v) is 6.01. The molecule has 248 valence electrons. The minimum atomic E-state index is -5.08. The first kappa shape index (κ1) is 37.0. The molecule has 0 unspecified atom stereocenters. The lowest BCUT2D eigenvalue weighted by molar-refractivity contribution is -0.192. The molecule has 0 saturated heterocycles. The van der Waals surface area contributed by atoms with E-state index < -0.39 is 47.3 Å². The molecule has 1 heterocycles. The third-order valence-electron chi connectivity index (χ3n) is 6.01. The SMILES string of the molecule is CC(C)(C)OC(=O)[C@H](CCCN=C(N)NO)NC(=O)c1cccn(C(c2ccccc2)c2ccccc2)c1=O.O=C(O)C(F)(F)F. The highest BCUT2D eigenvalue weighted by molar-refractivity contribution is 5.96. The number of nitrogens with one attached hydrogen (secondary N) is 2. The molecule has 0 spiro atoms. The van der Waals surface area contributed by atoms with E-state index in [0.29, 0.717) is 6.42 Å². The first-order chi connectivity index (χ1) is 21.5. The monoisotopic (exact) mass is 647 g/mol. The summed E-state index contributed by atoms with van der Waals surface area (Å²) in [6, 6.07) is 20.7. The molecule has 0 aliphatic carbocycles. The molecule has 2 aromatic carbocycles. The average Bonchev–Trinajstić information content (AvgIpc) is 2.99. The van der Waals surface area contributed by atoms with Crippen molar-refractivity contribution < 1.29 is 42.6 Å². The fourth-order valence-electron chi connectivity index (χ4n) is 4.06. The molecular formula is C31H36F3N5O7. The second-order valence-electron chi connectivity index (χ2n) is 10.7. The normalized spacial score (nSPS) is 12.4. The number of nitrogens with zero attached hydrogens (tertiary/aromatic N) is 2. The smallest absolute Gasteiger partial charge is 0.475 e. The summed E-state index contributed by atoms with van der Waals surface area (Å²) in [5.41, 5.74) is 7.54. The lowest BCUT2D eigenvalue weighted by Crippen LogP contribution is -2.46. The van der Waals surface area contributed by atoms with Crippen LogP contribution in [-0.2, 0) is 14.3 Å². The number of nitrogens with two attached hydrogens (primary N) is 1. The Morgan fingerprint density at radius 1 is 0.957 bits per heavy atom. The molecule has 3 rings (SSSR count). The van der Waals surface area contributed by atoms with E-state index in [9.17, 15) is 27.6 Å². The van der Waals surface area contributed by atoms with Crippen LogP contribution in [0.5, 0.6) is 0 Å². The topological polar surface area (TPSA) is 185 Å². The Balaban J connectivity index is 0.000000942. The molecule has 0 aliphatic rings. The molecule has 46 heavy (non-hydrogen) atoms. The highest BCUT2D eigenvalue weighted by Gasteiger charge is 2.38. The van der Waals surface area contributed by atoms with Crippen molar-refractivity contribution in [3.05, 3.63) is 106 Å². The van der Waals surface area contributed by atoms with E-state index in [1.807, 2.05) is 60.7 Å². The number of esters is 1. The van der Waals surface area contributed by atoms with Crippen LogP contribution >= 0.6 is 0 Å². The summed E-state index contributed by atoms with van der Waals surface area (Å²) in [5, 5.41) is 18.6. The number of alkyl halides is 3. The number of carboxylic acids is 1. The molecule has 1 aromatic heterocycles. The highest BCUT2D eigenvalue weighted by atomic mass is 19.4. The van der Waals surface area contributed by atoms with Crippen molar-refractivity contribution in [2.45, 2.75) is 57.5 Å². The lowest BCUT2D eigenvalue weighted by atomic mass is 9.98. The van der Waals surface area contributed by atoms with Crippen LogP contribution in [0.2, 0.25) is 0 Å². The van der Waals surface area contributed by atoms with E-state index in [2.05, 4.69) is 10.3 Å². The van der Waals surface area contributed by atoms with Crippen molar-refractivity contribution in [1.82, 2.24) is 15.4 Å². The van der Waals surface area contributed by atoms with Crippen molar-refractivity contribution in [3.63, 3.8) is 0 Å². The number of aliphatic carboxylic acids is 1. The first-order valence-corrected chi connectivity index (χ1v) is 13.9. The van der Waals surface area contributed by atoms with Gasteiger partial charge in [-0.05, 0) is 56.9 Å². The third kappa shape index (κ3) is 11.7. The molecule has 15 heteroatoms. The maximum absolute atomic E-state index is 13.7. The van der Waals surface area contributed by atoms with E-state index in [4.69, 9.17) is 25.6 Å². The number of hydrogen-bond acceptors (Lipinski definition) is 7. The fraction of sp³-hybridized carbons (Fsp3) is 0.323. The minimum absolute atomic E-state index is 0.102. The van der Waals surface area contributed by atoms with Gasteiger partial charge in [-0.2, -0.15) is 13.2 Å². The fourth-order valence-corrected chi connectivity index (χ4v) is 4.06. The van der Waals surface area contributed by atoms with E-state index in [1.54, 1.807) is 38.5 Å². The van der Waals surface area contributed by atoms with Gasteiger partial charge in [0.05, 0.1) is 6.04 Å². The number of amides is 1. The van der Waals surface area contributed by atoms with Gasteiger partial charge in [0.15, 0.2) is 0 Å². The summed E-state index contributed by atoms with van der Waals surface area (Å²) in [7, 11) is 0. The van der Waals surface area contributed by atoms with Gasteiger partial charge in [0.1, 0.15) is 17.2 Å². The Morgan fingerprint density at radius 3 is 1.93 bits per heavy atom. The Kier molecular flexibility index (Phi) is 13.5.